The van der Waals surface area contributed by atoms with Gasteiger partial charge in [0, 0.05) is 17.2 Å². The number of hydrogen-bond acceptors (Lipinski definition) is 6. The van der Waals surface area contributed by atoms with Gasteiger partial charge in [-0.2, -0.15) is 0 Å². The van der Waals surface area contributed by atoms with Gasteiger partial charge in [0.05, 0.1) is 28.6 Å². The van der Waals surface area contributed by atoms with E-state index in [0.717, 1.165) is 0 Å². The molecule has 10 heteroatoms. The van der Waals surface area contributed by atoms with Crippen LogP contribution in [0, 0.1) is 17.0 Å². The first kappa shape index (κ1) is 19.3. The molecule has 0 saturated carbocycles. The standard InChI is InChI=1S/C18H16ClN5O4/c1-3-28-16-8-7-12(19)9-15(16)20-18(25)17-11(2)23(22-21-17)13-5-4-6-14(10-13)24(26)27/h4-10H,3H2,1-2H3,(H,20,25). The predicted molar refractivity (Wildman–Crippen MR) is 103 cm³/mol. The Hall–Kier alpha value is -3.46. The highest BCUT2D eigenvalue weighted by atomic mass is 35.5. The molecule has 0 aliphatic rings. The van der Waals surface area contributed by atoms with E-state index < -0.39 is 10.8 Å². The van der Waals surface area contributed by atoms with Crippen LogP contribution in [0.1, 0.15) is 23.1 Å². The molecule has 2 aromatic carbocycles. The third-order valence-corrected chi connectivity index (χ3v) is 4.12. The predicted octanol–water partition coefficient (Wildman–Crippen LogP) is 3.79. The van der Waals surface area contributed by atoms with Crippen LogP contribution in [-0.4, -0.2) is 32.4 Å². The van der Waals surface area contributed by atoms with Crippen molar-refractivity contribution in [2.75, 3.05) is 11.9 Å². The van der Waals surface area contributed by atoms with Crippen LogP contribution in [0.2, 0.25) is 5.02 Å². The number of benzene rings is 2. The average molecular weight is 402 g/mol. The molecular formula is C18H16ClN5O4. The van der Waals surface area contributed by atoms with Gasteiger partial charge in [0.1, 0.15) is 5.75 Å². The minimum absolute atomic E-state index is 0.0777. The van der Waals surface area contributed by atoms with Crippen LogP contribution in [0.3, 0.4) is 0 Å². The van der Waals surface area contributed by atoms with Gasteiger partial charge in [-0.15, -0.1) is 5.10 Å². The van der Waals surface area contributed by atoms with Crippen LogP contribution in [0.4, 0.5) is 11.4 Å². The smallest absolute Gasteiger partial charge is 0.278 e. The molecule has 28 heavy (non-hydrogen) atoms. The first-order valence-corrected chi connectivity index (χ1v) is 8.69. The molecule has 1 heterocycles. The van der Waals surface area contributed by atoms with Gasteiger partial charge in [0.2, 0.25) is 0 Å². The summed E-state index contributed by atoms with van der Waals surface area (Å²) >= 11 is 6.01. The zero-order valence-corrected chi connectivity index (χ0v) is 15.8. The summed E-state index contributed by atoms with van der Waals surface area (Å²) in [4.78, 5) is 23.2. The molecule has 1 amide bonds. The fraction of sp³-hybridized carbons (Fsp3) is 0.167. The summed E-state index contributed by atoms with van der Waals surface area (Å²) in [6.07, 6.45) is 0. The van der Waals surface area contributed by atoms with Crippen LogP contribution in [-0.2, 0) is 0 Å². The SMILES string of the molecule is CCOc1ccc(Cl)cc1NC(=O)c1nnn(-c2cccc([N+](=O)[O-])c2)c1C. The molecule has 3 rings (SSSR count). The quantitative estimate of drug-likeness (QED) is 0.496. The molecular weight excluding hydrogens is 386 g/mol. The van der Waals surface area contributed by atoms with Crippen LogP contribution in [0.25, 0.3) is 5.69 Å². The van der Waals surface area contributed by atoms with Gasteiger partial charge >= 0.3 is 0 Å². The maximum absolute atomic E-state index is 12.7. The number of anilines is 1. The molecule has 3 aromatic rings. The topological polar surface area (TPSA) is 112 Å². The summed E-state index contributed by atoms with van der Waals surface area (Å²) in [5, 5.41) is 22.0. The summed E-state index contributed by atoms with van der Waals surface area (Å²) < 4.78 is 6.86. The van der Waals surface area contributed by atoms with Crippen molar-refractivity contribution in [2.24, 2.45) is 0 Å². The lowest BCUT2D eigenvalue weighted by molar-refractivity contribution is -0.384. The third-order valence-electron chi connectivity index (χ3n) is 3.88. The monoisotopic (exact) mass is 401 g/mol. The number of halogens is 1. The van der Waals surface area contributed by atoms with Crippen molar-refractivity contribution in [3.05, 3.63) is 69.0 Å². The van der Waals surface area contributed by atoms with Crippen molar-refractivity contribution >= 4 is 28.9 Å². The number of nitro benzene ring substituents is 1. The largest absolute Gasteiger partial charge is 0.492 e. The third kappa shape index (κ3) is 3.94. The Morgan fingerprint density at radius 3 is 2.82 bits per heavy atom. The van der Waals surface area contributed by atoms with Crippen LogP contribution < -0.4 is 10.1 Å². The number of non-ortho nitro benzene ring substituents is 1. The Kier molecular flexibility index (Phi) is 5.55. The van der Waals surface area contributed by atoms with Gasteiger partial charge in [0.15, 0.2) is 5.69 Å². The molecule has 144 valence electrons. The van der Waals surface area contributed by atoms with Gasteiger partial charge in [-0.05, 0) is 38.1 Å². The van der Waals surface area contributed by atoms with Crippen molar-refractivity contribution in [3.8, 4) is 11.4 Å². The van der Waals surface area contributed by atoms with Gasteiger partial charge in [0.25, 0.3) is 11.6 Å². The molecule has 0 fully saturated rings. The Morgan fingerprint density at radius 2 is 2.11 bits per heavy atom. The maximum atomic E-state index is 12.7. The van der Waals surface area contributed by atoms with Crippen molar-refractivity contribution in [1.82, 2.24) is 15.0 Å². The lowest BCUT2D eigenvalue weighted by Crippen LogP contribution is -2.15. The lowest BCUT2D eigenvalue weighted by Gasteiger charge is -2.11. The van der Waals surface area contributed by atoms with Gasteiger partial charge in [-0.25, -0.2) is 4.68 Å². The van der Waals surface area contributed by atoms with E-state index in [1.165, 1.54) is 22.9 Å². The number of rotatable bonds is 6. The van der Waals surface area contributed by atoms with Crippen molar-refractivity contribution < 1.29 is 14.5 Å². The fourth-order valence-electron chi connectivity index (χ4n) is 2.59. The second-order valence-corrected chi connectivity index (χ2v) is 6.18. The number of nitrogens with one attached hydrogen (secondary N) is 1. The second-order valence-electron chi connectivity index (χ2n) is 5.74. The van der Waals surface area contributed by atoms with E-state index in [0.29, 0.717) is 34.4 Å². The van der Waals surface area contributed by atoms with E-state index in [4.69, 9.17) is 16.3 Å². The molecule has 0 unspecified atom stereocenters. The zero-order valence-electron chi connectivity index (χ0n) is 15.0. The molecule has 0 saturated heterocycles. The molecule has 0 atom stereocenters. The van der Waals surface area contributed by atoms with Crippen LogP contribution >= 0.6 is 11.6 Å². The molecule has 9 nitrogen and oxygen atoms in total. The van der Waals surface area contributed by atoms with Crippen molar-refractivity contribution in [1.29, 1.82) is 0 Å². The van der Waals surface area contributed by atoms with Crippen LogP contribution in [0.15, 0.2) is 42.5 Å². The molecule has 0 aliphatic carbocycles. The van der Waals surface area contributed by atoms with E-state index in [2.05, 4.69) is 15.6 Å². The molecule has 1 aromatic heterocycles. The van der Waals surface area contributed by atoms with Gasteiger partial charge in [-0.3, -0.25) is 14.9 Å². The zero-order chi connectivity index (χ0) is 20.3. The number of amides is 1. The number of hydrogen-bond donors (Lipinski definition) is 1. The Morgan fingerprint density at radius 1 is 1.32 bits per heavy atom. The summed E-state index contributed by atoms with van der Waals surface area (Å²) in [7, 11) is 0. The summed E-state index contributed by atoms with van der Waals surface area (Å²) in [5.74, 6) is -0.0265. The Balaban J connectivity index is 1.90. The van der Waals surface area contributed by atoms with E-state index in [1.807, 2.05) is 6.92 Å². The minimum atomic E-state index is -0.502. The number of nitro groups is 1. The van der Waals surface area contributed by atoms with E-state index in [9.17, 15) is 14.9 Å². The first-order valence-electron chi connectivity index (χ1n) is 8.31. The van der Waals surface area contributed by atoms with Gasteiger partial charge < -0.3 is 10.1 Å². The summed E-state index contributed by atoms with van der Waals surface area (Å²) in [5.41, 5.74) is 1.25. The van der Waals surface area contributed by atoms with Crippen LogP contribution in [0.5, 0.6) is 5.75 Å². The Bertz CT molecular complexity index is 1050. The molecule has 0 radical (unpaired) electrons. The summed E-state index contributed by atoms with van der Waals surface area (Å²) in [6.45, 7) is 3.90. The summed E-state index contributed by atoms with van der Waals surface area (Å²) in [6, 6.07) is 10.8. The highest BCUT2D eigenvalue weighted by Crippen LogP contribution is 2.28. The van der Waals surface area contributed by atoms with Crippen molar-refractivity contribution in [3.63, 3.8) is 0 Å². The number of carbonyl (C=O) groups excluding carboxylic acids is 1. The van der Waals surface area contributed by atoms with E-state index in [-0.39, 0.29) is 11.4 Å². The van der Waals surface area contributed by atoms with E-state index >= 15 is 0 Å². The number of nitrogens with zero attached hydrogens (tertiary/aromatic N) is 4. The van der Waals surface area contributed by atoms with E-state index in [1.54, 1.807) is 31.2 Å². The lowest BCUT2D eigenvalue weighted by atomic mass is 10.2. The van der Waals surface area contributed by atoms with Crippen molar-refractivity contribution in [2.45, 2.75) is 13.8 Å². The second kappa shape index (κ2) is 8.05. The number of ether oxygens (including phenoxy) is 1. The maximum Gasteiger partial charge on any atom is 0.278 e. The molecule has 0 spiro atoms. The molecule has 0 bridgehead atoms. The highest BCUT2D eigenvalue weighted by molar-refractivity contribution is 6.31. The minimum Gasteiger partial charge on any atom is -0.492 e. The average Bonchev–Trinajstić information content (AvgIpc) is 3.05. The first-order chi connectivity index (χ1) is 13.4. The number of aromatic nitrogens is 3. The molecule has 0 aliphatic heterocycles. The fourth-order valence-corrected chi connectivity index (χ4v) is 2.76. The highest BCUT2D eigenvalue weighted by Gasteiger charge is 2.20. The number of carbonyl (C=O) groups is 1. The molecule has 1 N–H and O–H groups in total. The van der Waals surface area contributed by atoms with Gasteiger partial charge in [-0.1, -0.05) is 22.9 Å². The normalized spacial score (nSPS) is 10.5. The Labute approximate surface area is 165 Å².